The second-order valence-corrected chi connectivity index (χ2v) is 7.97. The number of carbonyl (C=O) groups excluding carboxylic acids is 2. The fourth-order valence-electron chi connectivity index (χ4n) is 2.24. The minimum absolute atomic E-state index is 0.0101. The van der Waals surface area contributed by atoms with Crippen molar-refractivity contribution in [1.29, 1.82) is 0 Å². The second-order valence-electron chi connectivity index (χ2n) is 6.42. The summed E-state index contributed by atoms with van der Waals surface area (Å²) in [6, 6.07) is 5.14. The van der Waals surface area contributed by atoms with Gasteiger partial charge in [0, 0.05) is 22.5 Å². The van der Waals surface area contributed by atoms with E-state index < -0.39 is 6.04 Å². The number of nitrogens with one attached hydrogen (secondary N) is 2. The highest BCUT2D eigenvalue weighted by Gasteiger charge is 2.18. The summed E-state index contributed by atoms with van der Waals surface area (Å²) in [5, 5.41) is 6.43. The van der Waals surface area contributed by atoms with Crippen LogP contribution in [0.3, 0.4) is 0 Å². The summed E-state index contributed by atoms with van der Waals surface area (Å²) >= 11 is 7.38. The Morgan fingerprint density at radius 3 is 2.73 bits per heavy atom. The van der Waals surface area contributed by atoms with Crippen molar-refractivity contribution in [3.63, 3.8) is 0 Å². The second kappa shape index (κ2) is 9.12. The smallest absolute Gasteiger partial charge is 0.245 e. The molecule has 1 aromatic heterocycles. The summed E-state index contributed by atoms with van der Waals surface area (Å²) in [5.74, 6) is -0.665. The largest absolute Gasteiger partial charge is 0.346 e. The minimum Gasteiger partial charge on any atom is -0.346 e. The number of hydrogen-bond acceptors (Lipinski definition) is 5. The monoisotopic (exact) mass is 394 g/mol. The molecule has 0 unspecified atom stereocenters. The quantitative estimate of drug-likeness (QED) is 0.672. The molecule has 6 nitrogen and oxygen atoms in total. The number of amides is 2. The molecule has 1 atom stereocenters. The lowest BCUT2D eigenvalue weighted by Gasteiger charge is -2.14. The molecule has 0 aliphatic rings. The number of aryl methyl sites for hydroxylation is 1. The summed E-state index contributed by atoms with van der Waals surface area (Å²) in [5.41, 5.74) is 8.00. The Labute approximate surface area is 162 Å². The first-order valence-electron chi connectivity index (χ1n) is 8.29. The van der Waals surface area contributed by atoms with E-state index in [1.807, 2.05) is 39.0 Å². The molecule has 26 heavy (non-hydrogen) atoms. The molecule has 0 spiro atoms. The van der Waals surface area contributed by atoms with Crippen molar-refractivity contribution < 1.29 is 9.59 Å². The zero-order valence-electron chi connectivity index (χ0n) is 15.0. The van der Waals surface area contributed by atoms with Gasteiger partial charge >= 0.3 is 0 Å². The van der Waals surface area contributed by atoms with Gasteiger partial charge in [-0.25, -0.2) is 4.98 Å². The third-order valence-electron chi connectivity index (χ3n) is 3.91. The lowest BCUT2D eigenvalue weighted by Crippen LogP contribution is -2.46. The lowest BCUT2D eigenvalue weighted by molar-refractivity contribution is -0.125. The number of rotatable bonds is 7. The molecule has 0 aliphatic carbocycles. The predicted octanol–water partition coefficient (Wildman–Crippen LogP) is 2.73. The Hall–Kier alpha value is -1.96. The average Bonchev–Trinajstić information content (AvgIpc) is 3.01. The number of anilines is 1. The number of nitrogens with zero attached hydrogens (tertiary/aromatic N) is 1. The van der Waals surface area contributed by atoms with E-state index in [4.69, 9.17) is 17.3 Å². The summed E-state index contributed by atoms with van der Waals surface area (Å²) in [7, 11) is 0. The summed E-state index contributed by atoms with van der Waals surface area (Å²) < 4.78 is 0. The molecule has 2 aromatic rings. The molecule has 8 heteroatoms. The van der Waals surface area contributed by atoms with Gasteiger partial charge in [0.05, 0.1) is 12.6 Å². The highest BCUT2D eigenvalue weighted by molar-refractivity contribution is 7.15. The maximum absolute atomic E-state index is 12.0. The molecule has 1 heterocycles. The van der Waals surface area contributed by atoms with Crippen molar-refractivity contribution in [1.82, 2.24) is 10.3 Å². The number of nitrogens with two attached hydrogens (primary N) is 1. The molecular weight excluding hydrogens is 372 g/mol. The van der Waals surface area contributed by atoms with Crippen molar-refractivity contribution in [3.8, 4) is 0 Å². The molecule has 140 valence electrons. The fourth-order valence-corrected chi connectivity index (χ4v) is 3.32. The molecular formula is C18H23ClN4O2S. The van der Waals surface area contributed by atoms with Gasteiger partial charge in [0.2, 0.25) is 11.8 Å². The number of thiazole rings is 1. The van der Waals surface area contributed by atoms with Gasteiger partial charge in [-0.05, 0) is 36.1 Å². The van der Waals surface area contributed by atoms with Crippen molar-refractivity contribution in [2.45, 2.75) is 33.2 Å². The van der Waals surface area contributed by atoms with Crippen LogP contribution >= 0.6 is 22.9 Å². The van der Waals surface area contributed by atoms with Gasteiger partial charge in [-0.3, -0.25) is 9.59 Å². The van der Waals surface area contributed by atoms with Crippen LogP contribution < -0.4 is 16.4 Å². The van der Waals surface area contributed by atoms with Crippen LogP contribution in [0.15, 0.2) is 24.4 Å². The Kier molecular flexibility index (Phi) is 7.14. The fraction of sp³-hybridized carbons (Fsp3) is 0.389. The van der Waals surface area contributed by atoms with Crippen molar-refractivity contribution in [2.24, 2.45) is 11.7 Å². The highest BCUT2D eigenvalue weighted by Crippen LogP contribution is 2.24. The number of benzene rings is 1. The first-order valence-corrected chi connectivity index (χ1v) is 9.48. The van der Waals surface area contributed by atoms with E-state index in [1.54, 1.807) is 6.20 Å². The Bertz CT molecular complexity index is 791. The third-order valence-corrected chi connectivity index (χ3v) is 5.06. The van der Waals surface area contributed by atoms with Gasteiger partial charge in [0.15, 0.2) is 5.13 Å². The summed E-state index contributed by atoms with van der Waals surface area (Å²) in [6.45, 7) is 5.58. The van der Waals surface area contributed by atoms with Gasteiger partial charge in [0.25, 0.3) is 0 Å². The van der Waals surface area contributed by atoms with Crippen molar-refractivity contribution in [3.05, 3.63) is 45.4 Å². The van der Waals surface area contributed by atoms with Crippen LogP contribution in [0.5, 0.6) is 0 Å². The van der Waals surface area contributed by atoms with Crippen LogP contribution in [-0.2, 0) is 16.0 Å². The summed E-state index contributed by atoms with van der Waals surface area (Å²) in [4.78, 5) is 29.0. The third kappa shape index (κ3) is 5.79. The average molecular weight is 395 g/mol. The van der Waals surface area contributed by atoms with Gasteiger partial charge in [-0.1, -0.05) is 31.5 Å². The van der Waals surface area contributed by atoms with Gasteiger partial charge < -0.3 is 16.4 Å². The minimum atomic E-state index is -0.628. The van der Waals surface area contributed by atoms with Gasteiger partial charge in [-0.2, -0.15) is 0 Å². The van der Waals surface area contributed by atoms with E-state index in [-0.39, 0.29) is 24.3 Å². The van der Waals surface area contributed by atoms with E-state index in [0.29, 0.717) is 10.2 Å². The zero-order valence-corrected chi connectivity index (χ0v) is 16.6. The maximum Gasteiger partial charge on any atom is 0.245 e. The maximum atomic E-state index is 12.0. The molecule has 0 aliphatic heterocycles. The number of hydrogen-bond donors (Lipinski definition) is 3. The standard InChI is InChI=1S/C18H23ClN4O2S/c1-10(2)16(20)17(25)21-9-15(24)23-18-22-8-14(26-18)7-12-4-5-13(19)6-11(12)3/h4-6,8,10,16H,7,9,20H2,1-3H3,(H,21,25)(H,22,23,24)/t16-/m0/s1. The van der Waals surface area contributed by atoms with Crippen LogP contribution in [0, 0.1) is 12.8 Å². The predicted molar refractivity (Wildman–Crippen MR) is 106 cm³/mol. The molecule has 0 saturated carbocycles. The molecule has 0 radical (unpaired) electrons. The topological polar surface area (TPSA) is 97.1 Å². The molecule has 2 amide bonds. The van der Waals surface area contributed by atoms with E-state index in [1.165, 1.54) is 11.3 Å². The zero-order chi connectivity index (χ0) is 19.3. The van der Waals surface area contributed by atoms with Crippen LogP contribution in [0.2, 0.25) is 5.02 Å². The van der Waals surface area contributed by atoms with E-state index in [9.17, 15) is 9.59 Å². The Morgan fingerprint density at radius 1 is 1.35 bits per heavy atom. The Balaban J connectivity index is 1.87. The molecule has 0 fully saturated rings. The number of aromatic nitrogens is 1. The normalized spacial score (nSPS) is 12.1. The lowest BCUT2D eigenvalue weighted by atomic mass is 10.1. The SMILES string of the molecule is Cc1cc(Cl)ccc1Cc1cnc(NC(=O)CNC(=O)[C@@H](N)C(C)C)s1. The highest BCUT2D eigenvalue weighted by atomic mass is 35.5. The molecule has 4 N–H and O–H groups in total. The first-order chi connectivity index (χ1) is 12.3. The van der Waals surface area contributed by atoms with E-state index in [2.05, 4.69) is 15.6 Å². The van der Waals surface area contributed by atoms with Crippen LogP contribution in [0.4, 0.5) is 5.13 Å². The first kappa shape index (κ1) is 20.4. The van der Waals surface area contributed by atoms with E-state index >= 15 is 0 Å². The van der Waals surface area contributed by atoms with Crippen LogP contribution in [-0.4, -0.2) is 29.4 Å². The molecule has 0 saturated heterocycles. The van der Waals surface area contributed by atoms with Crippen molar-refractivity contribution in [2.75, 3.05) is 11.9 Å². The van der Waals surface area contributed by atoms with Gasteiger partial charge in [-0.15, -0.1) is 11.3 Å². The molecule has 0 bridgehead atoms. The van der Waals surface area contributed by atoms with Gasteiger partial charge in [0.1, 0.15) is 0 Å². The molecule has 2 rings (SSSR count). The summed E-state index contributed by atoms with van der Waals surface area (Å²) in [6.07, 6.45) is 2.46. The Morgan fingerprint density at radius 2 is 2.08 bits per heavy atom. The molecule has 1 aromatic carbocycles. The number of carbonyl (C=O) groups is 2. The van der Waals surface area contributed by atoms with Crippen LogP contribution in [0.1, 0.15) is 29.9 Å². The van der Waals surface area contributed by atoms with Crippen LogP contribution in [0.25, 0.3) is 0 Å². The van der Waals surface area contributed by atoms with E-state index in [0.717, 1.165) is 22.4 Å². The van der Waals surface area contributed by atoms with Crippen molar-refractivity contribution >= 4 is 39.9 Å². The number of halogens is 1.